The van der Waals surface area contributed by atoms with Gasteiger partial charge in [0.2, 0.25) is 5.91 Å². The lowest BCUT2D eigenvalue weighted by molar-refractivity contribution is -0.211. The first-order chi connectivity index (χ1) is 12.0. The van der Waals surface area contributed by atoms with Crippen LogP contribution in [0.3, 0.4) is 0 Å². The SMILES string of the molecule is CCOC1CC(O)C12CCN(C(C(=O)N(C)C)c1ccccc1)CC2. The standard InChI is InChI=1S/C20H30N2O3/c1-4-25-17-14-16(23)20(17)10-12-22(13-11-20)18(19(24)21(2)3)15-8-6-5-7-9-15/h5-9,16-18,23H,4,10-14H2,1-3H3. The van der Waals surface area contributed by atoms with Crippen LogP contribution in [0, 0.1) is 5.41 Å². The van der Waals surface area contributed by atoms with Crippen molar-refractivity contribution in [1.82, 2.24) is 9.80 Å². The third-order valence-corrected chi connectivity index (χ3v) is 5.99. The highest BCUT2D eigenvalue weighted by atomic mass is 16.5. The summed E-state index contributed by atoms with van der Waals surface area (Å²) in [5.74, 6) is 0.109. The van der Waals surface area contributed by atoms with Crippen molar-refractivity contribution in [1.29, 1.82) is 0 Å². The molecule has 0 bridgehead atoms. The molecular formula is C20H30N2O3. The lowest BCUT2D eigenvalue weighted by Crippen LogP contribution is -2.62. The van der Waals surface area contributed by atoms with Gasteiger partial charge in [-0.15, -0.1) is 0 Å². The predicted octanol–water partition coefficient (Wildman–Crippen LogP) is 2.07. The first kappa shape index (κ1) is 18.4. The van der Waals surface area contributed by atoms with Gasteiger partial charge < -0.3 is 14.7 Å². The predicted molar refractivity (Wildman–Crippen MR) is 97.2 cm³/mol. The fourth-order valence-corrected chi connectivity index (χ4v) is 4.40. The smallest absolute Gasteiger partial charge is 0.244 e. The quantitative estimate of drug-likeness (QED) is 0.887. The van der Waals surface area contributed by atoms with Gasteiger partial charge >= 0.3 is 0 Å². The van der Waals surface area contributed by atoms with Gasteiger partial charge in [0.05, 0.1) is 12.2 Å². The van der Waals surface area contributed by atoms with Crippen molar-refractivity contribution in [3.8, 4) is 0 Å². The fraction of sp³-hybridized carbons (Fsp3) is 0.650. The Balaban J connectivity index is 1.75. The van der Waals surface area contributed by atoms with Crippen molar-refractivity contribution in [3.05, 3.63) is 35.9 Å². The number of carbonyl (C=O) groups excluding carboxylic acids is 1. The summed E-state index contributed by atoms with van der Waals surface area (Å²) in [6.07, 6.45) is 2.39. The van der Waals surface area contributed by atoms with Crippen LogP contribution in [0.1, 0.15) is 37.8 Å². The van der Waals surface area contributed by atoms with Gasteiger partial charge in [0, 0.05) is 32.5 Å². The van der Waals surface area contributed by atoms with Crippen LogP contribution in [0.4, 0.5) is 0 Å². The van der Waals surface area contributed by atoms with Crippen molar-refractivity contribution in [2.45, 2.75) is 44.4 Å². The Kier molecular flexibility index (Phi) is 5.46. The molecule has 5 heteroatoms. The zero-order valence-corrected chi connectivity index (χ0v) is 15.5. The van der Waals surface area contributed by atoms with E-state index in [0.717, 1.165) is 37.9 Å². The monoisotopic (exact) mass is 346 g/mol. The molecule has 25 heavy (non-hydrogen) atoms. The van der Waals surface area contributed by atoms with Crippen LogP contribution >= 0.6 is 0 Å². The molecule has 1 N–H and O–H groups in total. The zero-order chi connectivity index (χ0) is 18.0. The highest BCUT2D eigenvalue weighted by Crippen LogP contribution is 2.51. The molecule has 1 saturated carbocycles. The van der Waals surface area contributed by atoms with E-state index in [-0.39, 0.29) is 29.6 Å². The van der Waals surface area contributed by atoms with Gasteiger partial charge in [-0.05, 0) is 38.4 Å². The van der Waals surface area contributed by atoms with E-state index in [4.69, 9.17) is 4.74 Å². The Hall–Kier alpha value is -1.43. The number of amides is 1. The molecule has 1 amide bonds. The molecular weight excluding hydrogens is 316 g/mol. The van der Waals surface area contributed by atoms with Crippen LogP contribution < -0.4 is 0 Å². The number of hydrogen-bond donors (Lipinski definition) is 1. The van der Waals surface area contributed by atoms with Gasteiger partial charge in [0.25, 0.3) is 0 Å². The van der Waals surface area contributed by atoms with Crippen LogP contribution in [0.5, 0.6) is 0 Å². The van der Waals surface area contributed by atoms with E-state index >= 15 is 0 Å². The Labute approximate surface area is 150 Å². The number of carbonyl (C=O) groups is 1. The molecule has 3 atom stereocenters. The second-order valence-electron chi connectivity index (χ2n) is 7.51. The highest BCUT2D eigenvalue weighted by molar-refractivity contribution is 5.82. The van der Waals surface area contributed by atoms with Crippen molar-refractivity contribution in [2.75, 3.05) is 33.8 Å². The molecule has 138 valence electrons. The number of likely N-dealkylation sites (N-methyl/N-ethyl adjacent to an activating group) is 1. The molecule has 0 radical (unpaired) electrons. The number of rotatable bonds is 5. The van der Waals surface area contributed by atoms with E-state index in [1.165, 1.54) is 0 Å². The second-order valence-corrected chi connectivity index (χ2v) is 7.51. The molecule has 0 aromatic heterocycles. The van der Waals surface area contributed by atoms with E-state index in [1.54, 1.807) is 4.90 Å². The Bertz CT molecular complexity index is 580. The number of nitrogens with zero attached hydrogens (tertiary/aromatic N) is 2. The van der Waals surface area contributed by atoms with E-state index < -0.39 is 0 Å². The summed E-state index contributed by atoms with van der Waals surface area (Å²) in [6, 6.07) is 9.74. The van der Waals surface area contributed by atoms with Crippen molar-refractivity contribution in [2.24, 2.45) is 5.41 Å². The summed E-state index contributed by atoms with van der Waals surface area (Å²) in [5.41, 5.74) is 0.919. The van der Waals surface area contributed by atoms with Crippen molar-refractivity contribution < 1.29 is 14.6 Å². The maximum atomic E-state index is 12.8. The Morgan fingerprint density at radius 1 is 1.32 bits per heavy atom. The number of hydrogen-bond acceptors (Lipinski definition) is 4. The molecule has 5 nitrogen and oxygen atoms in total. The minimum Gasteiger partial charge on any atom is -0.392 e. The Morgan fingerprint density at radius 3 is 2.48 bits per heavy atom. The molecule has 2 aliphatic rings. The van der Waals surface area contributed by atoms with E-state index in [1.807, 2.05) is 51.4 Å². The third kappa shape index (κ3) is 3.33. The minimum atomic E-state index is -0.272. The first-order valence-electron chi connectivity index (χ1n) is 9.29. The summed E-state index contributed by atoms with van der Waals surface area (Å²) in [5, 5.41) is 10.4. The average Bonchev–Trinajstić information content (AvgIpc) is 2.63. The first-order valence-corrected chi connectivity index (χ1v) is 9.29. The van der Waals surface area contributed by atoms with Crippen LogP contribution in [-0.2, 0) is 9.53 Å². The summed E-state index contributed by atoms with van der Waals surface area (Å²) in [7, 11) is 3.62. The van der Waals surface area contributed by atoms with Crippen LogP contribution in [0.2, 0.25) is 0 Å². The molecule has 1 saturated heterocycles. The molecule has 3 rings (SSSR count). The van der Waals surface area contributed by atoms with Gasteiger partial charge in [-0.1, -0.05) is 30.3 Å². The molecule has 1 aromatic carbocycles. The van der Waals surface area contributed by atoms with Crippen LogP contribution in [0.25, 0.3) is 0 Å². The van der Waals surface area contributed by atoms with Crippen LogP contribution in [-0.4, -0.2) is 66.8 Å². The van der Waals surface area contributed by atoms with Gasteiger partial charge in [0.15, 0.2) is 0 Å². The van der Waals surface area contributed by atoms with Gasteiger partial charge in [-0.25, -0.2) is 0 Å². The van der Waals surface area contributed by atoms with Crippen molar-refractivity contribution in [3.63, 3.8) is 0 Å². The molecule has 1 aromatic rings. The number of benzene rings is 1. The van der Waals surface area contributed by atoms with Crippen molar-refractivity contribution >= 4 is 5.91 Å². The topological polar surface area (TPSA) is 53.0 Å². The summed E-state index contributed by atoms with van der Waals surface area (Å²) in [4.78, 5) is 16.8. The van der Waals surface area contributed by atoms with Gasteiger partial charge in [-0.2, -0.15) is 0 Å². The lowest BCUT2D eigenvalue weighted by atomic mass is 9.58. The minimum absolute atomic E-state index is 0.109. The third-order valence-electron chi connectivity index (χ3n) is 5.99. The number of piperidine rings is 1. The summed E-state index contributed by atoms with van der Waals surface area (Å²) in [6.45, 7) is 4.31. The average molecular weight is 346 g/mol. The van der Waals surface area contributed by atoms with E-state index in [2.05, 4.69) is 4.90 Å². The van der Waals surface area contributed by atoms with E-state index in [9.17, 15) is 9.90 Å². The molecule has 1 spiro atoms. The summed E-state index contributed by atoms with van der Waals surface area (Å²) >= 11 is 0. The van der Waals surface area contributed by atoms with Crippen LogP contribution in [0.15, 0.2) is 30.3 Å². The number of aliphatic hydroxyl groups is 1. The lowest BCUT2D eigenvalue weighted by Gasteiger charge is -2.57. The largest absolute Gasteiger partial charge is 0.392 e. The fourth-order valence-electron chi connectivity index (χ4n) is 4.40. The molecule has 1 aliphatic heterocycles. The maximum absolute atomic E-state index is 12.8. The zero-order valence-electron chi connectivity index (χ0n) is 15.5. The molecule has 1 aliphatic carbocycles. The van der Waals surface area contributed by atoms with E-state index in [0.29, 0.717) is 6.61 Å². The Morgan fingerprint density at radius 2 is 1.96 bits per heavy atom. The van der Waals surface area contributed by atoms with Gasteiger partial charge in [0.1, 0.15) is 6.04 Å². The molecule has 3 unspecified atom stereocenters. The van der Waals surface area contributed by atoms with Gasteiger partial charge in [-0.3, -0.25) is 9.69 Å². The number of aliphatic hydroxyl groups excluding tert-OH is 1. The normalized spacial score (nSPS) is 26.9. The maximum Gasteiger partial charge on any atom is 0.244 e. The number of likely N-dealkylation sites (tertiary alicyclic amines) is 1. The molecule has 2 fully saturated rings. The highest BCUT2D eigenvalue weighted by Gasteiger charge is 2.56. The number of ether oxygens (including phenoxy) is 1. The second kappa shape index (κ2) is 7.44. The molecule has 1 heterocycles. The summed E-state index contributed by atoms with van der Waals surface area (Å²) < 4.78 is 5.85.